The van der Waals surface area contributed by atoms with Crippen molar-refractivity contribution in [3.63, 3.8) is 0 Å². The van der Waals surface area contributed by atoms with Crippen LogP contribution in [0, 0.1) is 17.5 Å². The number of hydrogen-bond acceptors (Lipinski definition) is 6. The van der Waals surface area contributed by atoms with Crippen molar-refractivity contribution in [1.82, 2.24) is 4.98 Å². The molecule has 2 aromatic carbocycles. The minimum Gasteiger partial charge on any atom is -0.497 e. The number of nitrogens with zero attached hydrogens (tertiary/aromatic N) is 2. The Morgan fingerprint density at radius 2 is 1.82 bits per heavy atom. The predicted octanol–water partition coefficient (Wildman–Crippen LogP) is 5.94. The topological polar surface area (TPSA) is 34.6 Å². The van der Waals surface area contributed by atoms with Gasteiger partial charge in [-0.05, 0) is 30.1 Å². The van der Waals surface area contributed by atoms with Crippen molar-refractivity contribution in [1.29, 1.82) is 0 Å². The van der Waals surface area contributed by atoms with Crippen molar-refractivity contribution < 1.29 is 22.6 Å². The van der Waals surface area contributed by atoms with Gasteiger partial charge in [-0.15, -0.1) is 0 Å². The van der Waals surface area contributed by atoms with E-state index in [1.54, 1.807) is 29.6 Å². The number of anilines is 1. The summed E-state index contributed by atoms with van der Waals surface area (Å²) in [6.07, 6.45) is 1.46. The van der Waals surface area contributed by atoms with Crippen LogP contribution in [-0.2, 0) is 6.54 Å². The Morgan fingerprint density at radius 3 is 2.46 bits per heavy atom. The Balaban J connectivity index is 1.96. The Hall–Kier alpha value is -2.10. The average Bonchev–Trinajstić information content (AvgIpc) is 3.11. The molecule has 0 fully saturated rings. The van der Waals surface area contributed by atoms with E-state index in [1.165, 1.54) is 24.6 Å². The number of methoxy groups -OCH3 is 2. The highest BCUT2D eigenvalue weighted by Gasteiger charge is 2.20. The number of halogens is 4. The number of hydrogen-bond donors (Lipinski definition) is 0. The van der Waals surface area contributed by atoms with Crippen LogP contribution in [0.2, 0.25) is 4.34 Å². The van der Waals surface area contributed by atoms with E-state index in [-0.39, 0.29) is 11.4 Å². The van der Waals surface area contributed by atoms with Crippen molar-refractivity contribution >= 4 is 40.0 Å². The van der Waals surface area contributed by atoms with E-state index in [0.29, 0.717) is 27.0 Å². The molecule has 3 aromatic rings. The van der Waals surface area contributed by atoms with Crippen LogP contribution in [-0.4, -0.2) is 19.2 Å². The first-order valence-electron chi connectivity index (χ1n) is 7.83. The molecule has 0 atom stereocenters. The molecule has 0 aliphatic rings. The van der Waals surface area contributed by atoms with Crippen LogP contribution in [0.3, 0.4) is 0 Å². The first kappa shape index (κ1) is 20.6. The molecule has 0 aliphatic heterocycles. The summed E-state index contributed by atoms with van der Waals surface area (Å²) in [5.41, 5.74) is 0.755. The van der Waals surface area contributed by atoms with Gasteiger partial charge in [-0.25, -0.2) is 18.2 Å². The third-order valence-electron chi connectivity index (χ3n) is 3.67. The quantitative estimate of drug-likeness (QED) is 0.331. The van der Waals surface area contributed by atoms with Crippen molar-refractivity contribution in [3.05, 3.63) is 63.9 Å². The first-order valence-corrected chi connectivity index (χ1v) is 9.80. The lowest BCUT2D eigenvalue weighted by Crippen LogP contribution is -2.15. The maximum atomic E-state index is 14.2. The van der Waals surface area contributed by atoms with Crippen molar-refractivity contribution in [2.45, 2.75) is 11.4 Å². The van der Waals surface area contributed by atoms with E-state index in [0.717, 1.165) is 23.6 Å². The van der Waals surface area contributed by atoms with Gasteiger partial charge in [0.25, 0.3) is 0 Å². The van der Waals surface area contributed by atoms with Gasteiger partial charge >= 0.3 is 0 Å². The van der Waals surface area contributed by atoms with Crippen LogP contribution in [0.25, 0.3) is 0 Å². The van der Waals surface area contributed by atoms with Crippen molar-refractivity contribution in [3.8, 4) is 11.5 Å². The number of benzene rings is 2. The second-order valence-corrected chi connectivity index (χ2v) is 8.15. The molecular weight excluding hydrogens is 433 g/mol. The second-order valence-electron chi connectivity index (χ2n) is 5.45. The molecule has 0 spiro atoms. The fraction of sp³-hybridized carbons (Fsp3) is 0.167. The molecule has 4 nitrogen and oxygen atoms in total. The molecule has 10 heteroatoms. The SMILES string of the molecule is COc1ccc(CN(Sc2cc(F)c(F)cc2F)c2ncc(Cl)s2)c(OC)c1. The molecular formula is C18H14ClF3N2O2S2. The molecule has 1 aromatic heterocycles. The van der Waals surface area contributed by atoms with Crippen LogP contribution in [0.5, 0.6) is 11.5 Å². The molecule has 0 amide bonds. The molecule has 0 bridgehead atoms. The predicted molar refractivity (Wildman–Crippen MR) is 105 cm³/mol. The normalized spacial score (nSPS) is 10.8. The number of aromatic nitrogens is 1. The molecule has 28 heavy (non-hydrogen) atoms. The first-order chi connectivity index (χ1) is 13.4. The standard InChI is InChI=1S/C18H14ClF3N2O2S2/c1-25-11-4-3-10(15(5-11)26-2)9-24(18-23-8-17(19)27-18)28-16-7-13(21)12(20)6-14(16)22/h3-8H,9H2,1-2H3. The second kappa shape index (κ2) is 8.93. The zero-order valence-electron chi connectivity index (χ0n) is 14.7. The lowest BCUT2D eigenvalue weighted by molar-refractivity contribution is 0.391. The Kier molecular flexibility index (Phi) is 6.58. The summed E-state index contributed by atoms with van der Waals surface area (Å²) in [6, 6.07) is 6.59. The molecule has 0 radical (unpaired) electrons. The van der Waals surface area contributed by atoms with Gasteiger partial charge in [-0.2, -0.15) is 0 Å². The van der Waals surface area contributed by atoms with Gasteiger partial charge in [0.15, 0.2) is 16.8 Å². The smallest absolute Gasteiger partial charge is 0.197 e. The maximum absolute atomic E-state index is 14.2. The van der Waals surface area contributed by atoms with Crippen LogP contribution >= 0.6 is 34.9 Å². The third-order valence-corrected chi connectivity index (χ3v) is 5.96. The summed E-state index contributed by atoms with van der Waals surface area (Å²) in [5, 5.41) is 0.469. The van der Waals surface area contributed by atoms with Gasteiger partial charge in [0.1, 0.15) is 21.7 Å². The molecule has 0 unspecified atom stereocenters. The van der Waals surface area contributed by atoms with Crippen molar-refractivity contribution in [2.24, 2.45) is 0 Å². The van der Waals surface area contributed by atoms with Gasteiger partial charge in [-0.1, -0.05) is 22.9 Å². The van der Waals surface area contributed by atoms with E-state index in [2.05, 4.69) is 4.98 Å². The monoisotopic (exact) mass is 446 g/mol. The summed E-state index contributed by atoms with van der Waals surface area (Å²) in [5.74, 6) is -2.09. The zero-order valence-corrected chi connectivity index (χ0v) is 17.1. The van der Waals surface area contributed by atoms with E-state index < -0.39 is 17.5 Å². The number of thiazole rings is 1. The highest BCUT2D eigenvalue weighted by atomic mass is 35.5. The molecule has 0 N–H and O–H groups in total. The zero-order chi connectivity index (χ0) is 20.3. The highest BCUT2D eigenvalue weighted by Crippen LogP contribution is 2.38. The summed E-state index contributed by atoms with van der Waals surface area (Å²) in [6.45, 7) is 0.236. The van der Waals surface area contributed by atoms with Crippen LogP contribution in [0.1, 0.15) is 5.56 Å². The largest absolute Gasteiger partial charge is 0.497 e. The third kappa shape index (κ3) is 4.65. The molecule has 0 aliphatic carbocycles. The van der Waals surface area contributed by atoms with Gasteiger partial charge in [0.05, 0.1) is 31.9 Å². The summed E-state index contributed by atoms with van der Waals surface area (Å²) in [7, 11) is 3.06. The minimum atomic E-state index is -1.25. The lowest BCUT2D eigenvalue weighted by atomic mass is 10.2. The van der Waals surface area contributed by atoms with Gasteiger partial charge < -0.3 is 9.47 Å². The molecule has 1 heterocycles. The Bertz CT molecular complexity index is 987. The molecule has 0 saturated heterocycles. The van der Waals surface area contributed by atoms with Gasteiger partial charge in [0.2, 0.25) is 0 Å². The molecule has 3 rings (SSSR count). The lowest BCUT2D eigenvalue weighted by Gasteiger charge is -2.22. The van der Waals surface area contributed by atoms with E-state index in [1.807, 2.05) is 0 Å². The Labute approximate surface area is 173 Å². The van der Waals surface area contributed by atoms with Crippen LogP contribution in [0.4, 0.5) is 18.3 Å². The van der Waals surface area contributed by atoms with E-state index in [4.69, 9.17) is 21.1 Å². The summed E-state index contributed by atoms with van der Waals surface area (Å²) < 4.78 is 53.6. The van der Waals surface area contributed by atoms with Crippen LogP contribution < -0.4 is 13.8 Å². The van der Waals surface area contributed by atoms with Gasteiger partial charge in [0, 0.05) is 17.7 Å². The maximum Gasteiger partial charge on any atom is 0.197 e. The number of rotatable bonds is 7. The van der Waals surface area contributed by atoms with Crippen LogP contribution in [0.15, 0.2) is 41.4 Å². The van der Waals surface area contributed by atoms with E-state index in [9.17, 15) is 13.2 Å². The Morgan fingerprint density at radius 1 is 1.07 bits per heavy atom. The summed E-state index contributed by atoms with van der Waals surface area (Å²) in [4.78, 5) is 4.12. The average molecular weight is 447 g/mol. The fourth-order valence-electron chi connectivity index (χ4n) is 2.33. The highest BCUT2D eigenvalue weighted by molar-refractivity contribution is 8.00. The summed E-state index contributed by atoms with van der Waals surface area (Å²) >= 11 is 8.04. The minimum absolute atomic E-state index is 0.0855. The molecule has 0 saturated carbocycles. The van der Waals surface area contributed by atoms with E-state index >= 15 is 0 Å². The van der Waals surface area contributed by atoms with Gasteiger partial charge in [-0.3, -0.25) is 4.31 Å². The number of ether oxygens (including phenoxy) is 2. The van der Waals surface area contributed by atoms with Crippen molar-refractivity contribution in [2.75, 3.05) is 18.5 Å². The molecule has 148 valence electrons. The fourth-order valence-corrected chi connectivity index (χ4v) is 4.23.